The molecule has 0 spiro atoms. The molecular formula is C38H37N3O12. The maximum Gasteiger partial charge on any atom is 0.355 e. The van der Waals surface area contributed by atoms with Crippen molar-refractivity contribution in [1.29, 1.82) is 0 Å². The van der Waals surface area contributed by atoms with Crippen LogP contribution in [0.5, 0.6) is 17.2 Å². The first-order valence-electron chi connectivity index (χ1n) is 16.8. The number of ether oxygens (including phenoxy) is 2. The van der Waals surface area contributed by atoms with Crippen LogP contribution in [0.4, 0.5) is 5.69 Å². The molecule has 0 radical (unpaired) electrons. The average Bonchev–Trinajstić information content (AvgIpc) is 3.86. The molecule has 1 amide bonds. The number of carbonyl (C=O) groups excluding carboxylic acids is 1. The molecule has 15 heteroatoms. The summed E-state index contributed by atoms with van der Waals surface area (Å²) in [5.74, 6) is -7.78. The number of carboxylic acids is 1. The molecular weight excluding hydrogens is 690 g/mol. The molecule has 1 aliphatic carbocycles. The van der Waals surface area contributed by atoms with Gasteiger partial charge in [0.05, 0.1) is 18.0 Å². The minimum Gasteiger partial charge on any atom is -0.508 e. The number of nitrogens with zero attached hydrogens (tertiary/aromatic N) is 3. The van der Waals surface area contributed by atoms with E-state index in [-0.39, 0.29) is 17.0 Å². The number of hydrogen-bond acceptors (Lipinski definition) is 13. The summed E-state index contributed by atoms with van der Waals surface area (Å²) in [6.45, 7) is -0.578. The number of aliphatic carboxylic acids is 1. The largest absolute Gasteiger partial charge is 0.508 e. The van der Waals surface area contributed by atoms with Crippen LogP contribution in [0.3, 0.4) is 0 Å². The Bertz CT molecular complexity index is 2050. The Balaban J connectivity index is 1.29. The number of hydrogen-bond donors (Lipinski definition) is 8. The van der Waals surface area contributed by atoms with Gasteiger partial charge in [-0.25, -0.2) is 4.79 Å². The zero-order chi connectivity index (χ0) is 37.7. The van der Waals surface area contributed by atoms with Gasteiger partial charge in [-0.3, -0.25) is 19.7 Å². The first kappa shape index (κ1) is 36.0. The summed E-state index contributed by atoms with van der Waals surface area (Å²) >= 11 is 0. The second-order valence-electron chi connectivity index (χ2n) is 13.4. The first-order chi connectivity index (χ1) is 25.4. The minimum absolute atomic E-state index is 0.000351. The summed E-state index contributed by atoms with van der Waals surface area (Å²) in [4.78, 5) is 37.2. The number of phenolic OH excluding ortho intramolecular Hbond substituents is 2. The quantitative estimate of drug-likeness (QED) is 0.0830. The zero-order valence-electron chi connectivity index (χ0n) is 28.0. The lowest BCUT2D eigenvalue weighted by molar-refractivity contribution is -0.422. The zero-order valence-corrected chi connectivity index (χ0v) is 28.0. The Morgan fingerprint density at radius 2 is 1.79 bits per heavy atom. The number of rotatable bonds is 10. The Kier molecular flexibility index (Phi) is 9.40. The molecule has 0 unspecified atom stereocenters. The number of phenols is 2. The molecule has 53 heavy (non-hydrogen) atoms. The highest BCUT2D eigenvalue weighted by molar-refractivity contribution is 6.32. The molecule has 3 heterocycles. The van der Waals surface area contributed by atoms with Gasteiger partial charge in [-0.1, -0.05) is 48.6 Å². The van der Waals surface area contributed by atoms with Gasteiger partial charge in [-0.2, -0.15) is 0 Å². The second-order valence-corrected chi connectivity index (χ2v) is 13.4. The minimum atomic E-state index is -3.10. The van der Waals surface area contributed by atoms with E-state index < -0.39 is 77.7 Å². The molecule has 0 bridgehead atoms. The predicted octanol–water partition coefficient (Wildman–Crippen LogP) is 1.02. The number of fused-ring (bicyclic) bond motifs is 3. The van der Waals surface area contributed by atoms with E-state index >= 15 is 0 Å². The van der Waals surface area contributed by atoms with Crippen LogP contribution in [-0.4, -0.2) is 114 Å². The molecule has 7 rings (SSSR count). The molecule has 3 aromatic rings. The van der Waals surface area contributed by atoms with Crippen molar-refractivity contribution in [3.05, 3.63) is 101 Å². The predicted molar refractivity (Wildman–Crippen MR) is 189 cm³/mol. The lowest BCUT2D eigenvalue weighted by Gasteiger charge is -2.44. The van der Waals surface area contributed by atoms with Gasteiger partial charge in [0.1, 0.15) is 30.7 Å². The number of aliphatic imine (C=N–C) groups is 2. The monoisotopic (exact) mass is 727 g/mol. The van der Waals surface area contributed by atoms with Crippen molar-refractivity contribution in [3.8, 4) is 17.2 Å². The number of amides is 1. The van der Waals surface area contributed by atoms with Crippen LogP contribution in [0.2, 0.25) is 0 Å². The smallest absolute Gasteiger partial charge is 0.355 e. The van der Waals surface area contributed by atoms with Crippen LogP contribution >= 0.6 is 0 Å². The van der Waals surface area contributed by atoms with Crippen LogP contribution in [0.25, 0.3) is 6.08 Å². The van der Waals surface area contributed by atoms with Gasteiger partial charge in [-0.05, 0) is 53.3 Å². The number of carboxylic acid groups (broad SMARTS) is 1. The number of carbonyl (C=O) groups is 2. The summed E-state index contributed by atoms with van der Waals surface area (Å²) in [6.07, 6.45) is 0.402. The van der Waals surface area contributed by atoms with Crippen molar-refractivity contribution in [1.82, 2.24) is 0 Å². The molecule has 3 aliphatic heterocycles. The number of anilines is 1. The molecule has 8 N–H and O–H groups in total. The molecule has 0 aromatic heterocycles. The van der Waals surface area contributed by atoms with Crippen molar-refractivity contribution in [3.63, 3.8) is 0 Å². The van der Waals surface area contributed by atoms with E-state index in [1.807, 2.05) is 30.3 Å². The summed E-state index contributed by atoms with van der Waals surface area (Å²) in [5.41, 5.74) is 0.928. The van der Waals surface area contributed by atoms with Gasteiger partial charge >= 0.3 is 11.9 Å². The lowest BCUT2D eigenvalue weighted by Crippen LogP contribution is -2.67. The fourth-order valence-electron chi connectivity index (χ4n) is 7.54. The number of aliphatic hydroxyl groups excluding tert-OH is 4. The number of aliphatic hydroxyl groups is 5. The van der Waals surface area contributed by atoms with Crippen molar-refractivity contribution < 1.29 is 59.9 Å². The summed E-state index contributed by atoms with van der Waals surface area (Å²) in [6, 6.07) is 16.4. The average molecular weight is 728 g/mol. The van der Waals surface area contributed by atoms with E-state index in [2.05, 4.69) is 9.98 Å². The highest BCUT2D eigenvalue weighted by atomic mass is 16.8. The molecule has 276 valence electrons. The third-order valence-corrected chi connectivity index (χ3v) is 10.1. The molecule has 1 fully saturated rings. The summed E-state index contributed by atoms with van der Waals surface area (Å²) in [7, 11) is 0. The number of allylic oxidation sites excluding steroid dienone is 1. The van der Waals surface area contributed by atoms with Crippen molar-refractivity contribution in [2.24, 2.45) is 15.9 Å². The van der Waals surface area contributed by atoms with E-state index in [0.717, 1.165) is 16.5 Å². The molecule has 4 aliphatic rings. The van der Waals surface area contributed by atoms with Gasteiger partial charge in [0.25, 0.3) is 5.91 Å². The van der Waals surface area contributed by atoms with Crippen LogP contribution in [0.1, 0.15) is 28.2 Å². The van der Waals surface area contributed by atoms with Gasteiger partial charge in [0.2, 0.25) is 0 Å². The molecule has 0 saturated carbocycles. The molecule has 3 aromatic carbocycles. The number of benzene rings is 3. The Labute approximate surface area is 302 Å². The van der Waals surface area contributed by atoms with Crippen molar-refractivity contribution in [2.75, 3.05) is 18.2 Å². The summed E-state index contributed by atoms with van der Waals surface area (Å²) in [5, 5.41) is 84.6. The maximum atomic E-state index is 14.3. The van der Waals surface area contributed by atoms with E-state index in [4.69, 9.17) is 9.47 Å². The fraction of sp³-hybridized carbons (Fsp3) is 0.316. The lowest BCUT2D eigenvalue weighted by atomic mass is 9.77. The SMILES string of the molecule is O=C(/C=C/c1ccc(O)c(CC2=NCN=C2)c1)N1c2cc(O[C@]3(O)O[C@H](CO)[C@@H](O)[C@H](O)[C@H]3O)c(O)cc2[C@H]2[C@H](Cc3ccccc3)C=C[C@]21C(=O)O. The van der Waals surface area contributed by atoms with Crippen LogP contribution in [-0.2, 0) is 27.2 Å². The van der Waals surface area contributed by atoms with Gasteiger partial charge in [0, 0.05) is 36.3 Å². The van der Waals surface area contributed by atoms with Gasteiger partial charge < -0.3 is 50.3 Å². The van der Waals surface area contributed by atoms with E-state index in [1.54, 1.807) is 24.4 Å². The number of aromatic hydroxyl groups is 2. The van der Waals surface area contributed by atoms with E-state index in [0.29, 0.717) is 36.3 Å². The highest BCUT2D eigenvalue weighted by Crippen LogP contribution is 2.59. The maximum absolute atomic E-state index is 14.3. The second kappa shape index (κ2) is 13.9. The standard InChI is InChI=1S/C38H37N3O12/c42-18-30-33(46)34(47)35(48)38(51,53-30)52-29-16-26-25(15-28(29)44)32-22(12-20-4-2-1-3-5-20)10-11-37(32,36(49)50)41(26)31(45)9-7-21-6-8-27(43)23(13-21)14-24-17-39-19-40-24/h1-11,13,15-17,22,30,32-35,42-44,46-48,51H,12,14,18-19H2,(H,49,50)/b9-7+/t22-,30+,32+,33+,34-,35+,37+,38-/m0/s1. The van der Waals surface area contributed by atoms with Crippen LogP contribution in [0.15, 0.2) is 88.9 Å². The summed E-state index contributed by atoms with van der Waals surface area (Å²) < 4.78 is 10.7. The normalized spacial score (nSPS) is 30.1. The molecule has 8 atom stereocenters. The highest BCUT2D eigenvalue weighted by Gasteiger charge is 2.62. The van der Waals surface area contributed by atoms with Gasteiger partial charge in [0.15, 0.2) is 23.1 Å². The molecule has 1 saturated heterocycles. The van der Waals surface area contributed by atoms with E-state index in [1.165, 1.54) is 30.4 Å². The fourth-order valence-corrected chi connectivity index (χ4v) is 7.54. The Morgan fingerprint density at radius 1 is 1.02 bits per heavy atom. The van der Waals surface area contributed by atoms with E-state index in [9.17, 15) is 50.4 Å². The topological polar surface area (TPSA) is 242 Å². The Hall–Kier alpha value is -5.42. The molecule has 15 nitrogen and oxygen atoms in total. The first-order valence-corrected chi connectivity index (χ1v) is 16.8. The van der Waals surface area contributed by atoms with Gasteiger partial charge in [-0.15, -0.1) is 0 Å². The third kappa shape index (κ3) is 6.26. The van der Waals surface area contributed by atoms with Crippen LogP contribution < -0.4 is 9.64 Å². The Morgan fingerprint density at radius 3 is 2.49 bits per heavy atom. The third-order valence-electron chi connectivity index (χ3n) is 10.1. The van der Waals surface area contributed by atoms with Crippen LogP contribution in [0, 0.1) is 5.92 Å². The van der Waals surface area contributed by atoms with Crippen molar-refractivity contribution >= 4 is 35.6 Å². The van der Waals surface area contributed by atoms with Crippen molar-refractivity contribution in [2.45, 2.75) is 54.7 Å².